The molecule has 0 aliphatic rings. The minimum atomic E-state index is -0.306. The Morgan fingerprint density at radius 2 is 0.475 bits per heavy atom. The minimum Gasteiger partial charge on any atom is -0.511 e. The molecule has 0 rings (SSSR count). The van der Waals surface area contributed by atoms with E-state index >= 15 is 0 Å². The quantitative estimate of drug-likeness (QED) is 0.153. The zero-order valence-electron chi connectivity index (χ0n) is 28.7. The van der Waals surface area contributed by atoms with Gasteiger partial charge in [0.2, 0.25) is 0 Å². The summed E-state index contributed by atoms with van der Waals surface area (Å²) in [5.74, 6) is 1.25. The third kappa shape index (κ3) is 21.6. The normalized spacial score (nSPS) is 14.1. The molecule has 6 nitrogen and oxygen atoms in total. The Morgan fingerprint density at radius 1 is 0.350 bits per heavy atom. The fourth-order valence-corrected chi connectivity index (χ4v) is 1.69. The van der Waals surface area contributed by atoms with Crippen molar-refractivity contribution >= 4 is 17.3 Å². The molecule has 0 aromatic rings. The first kappa shape index (κ1) is 45.9. The van der Waals surface area contributed by atoms with Gasteiger partial charge in [-0.15, -0.1) is 0 Å². The number of rotatable bonds is 3. The number of hydrogen-bond donors (Lipinski definition) is 3. The Balaban J connectivity index is -0.000000240. The van der Waals surface area contributed by atoms with E-state index in [-0.39, 0.29) is 104 Å². The molecular formula is C33H63ErO6+6. The van der Waals surface area contributed by atoms with Crippen LogP contribution in [-0.2, 0) is 0 Å². The predicted octanol–water partition coefficient (Wildman–Crippen LogP) is 9.20. The number of aliphatic hydroxyl groups excluding tert-OH is 3. The van der Waals surface area contributed by atoms with Gasteiger partial charge in [-0.05, 0) is 62.3 Å². The molecule has 237 valence electrons. The molecule has 0 heterocycles. The molecule has 0 aromatic heterocycles. The summed E-state index contributed by atoms with van der Waals surface area (Å²) >= 11 is 0. The van der Waals surface area contributed by atoms with Gasteiger partial charge in [-0.3, -0.25) is 14.4 Å². The first-order valence-corrected chi connectivity index (χ1v) is 13.6. The van der Waals surface area contributed by atoms with Gasteiger partial charge in [-0.1, -0.05) is 62.3 Å². The van der Waals surface area contributed by atoms with Crippen molar-refractivity contribution in [1.29, 1.82) is 0 Å². The number of allylic oxidation sites excluding steroid dienone is 6. The van der Waals surface area contributed by atoms with Crippen molar-refractivity contribution in [3.8, 4) is 0 Å². The fourth-order valence-electron chi connectivity index (χ4n) is 1.69. The van der Waals surface area contributed by atoms with Gasteiger partial charge in [-0.25, -0.2) is 0 Å². The van der Waals surface area contributed by atoms with Crippen molar-refractivity contribution in [2.45, 2.75) is 125 Å². The van der Waals surface area contributed by atoms with Gasteiger partial charge in [-0.2, -0.15) is 0 Å². The van der Waals surface area contributed by atoms with Gasteiger partial charge in [0.15, 0.2) is 0 Å². The van der Waals surface area contributed by atoms with Crippen LogP contribution in [0.4, 0.5) is 0 Å². The molecule has 0 aliphatic heterocycles. The molecule has 0 fully saturated rings. The molecule has 0 aromatic carbocycles. The maximum absolute atomic E-state index is 9.60. The van der Waals surface area contributed by atoms with Crippen LogP contribution in [-0.4, -0.2) is 47.1 Å². The van der Waals surface area contributed by atoms with Crippen LogP contribution < -0.4 is 0 Å². The van der Waals surface area contributed by atoms with Crippen LogP contribution in [0.1, 0.15) is 125 Å². The topological polar surface area (TPSA) is 125 Å². The average Bonchev–Trinajstić information content (AvgIpc) is 2.64. The molecule has 0 bridgehead atoms. The van der Waals surface area contributed by atoms with E-state index in [4.69, 9.17) is 0 Å². The van der Waals surface area contributed by atoms with E-state index in [0.717, 1.165) is 0 Å². The monoisotopic (exact) mass is 721 g/mol. The van der Waals surface area contributed by atoms with E-state index in [1.165, 1.54) is 18.2 Å². The molecule has 0 saturated carbocycles. The number of hydrogen-bond acceptors (Lipinski definition) is 3. The standard InChI is InChI=1S/3C11H20O2.Er/c3*1-10(2,3)8(12)7-9(13)11(4,5)6;/h3*7,12H,1-6H3;/q;;;+3/p+3/b3*8-7-;. The maximum Gasteiger partial charge on any atom is 3.00 e. The fraction of sp³-hybridized carbons (Fsp3) is 0.727. The average molecular weight is 723 g/mol. The van der Waals surface area contributed by atoms with Crippen molar-refractivity contribution in [2.24, 2.45) is 32.5 Å². The third-order valence-corrected chi connectivity index (χ3v) is 5.43. The van der Waals surface area contributed by atoms with Crippen LogP contribution in [0.15, 0.2) is 35.5 Å². The SMILES string of the molecule is CC(C)(C)C(=[OH+])/C=C(\O)C(C)(C)C.CC(C)(C)C(=[OH+])/C=C(\O)C(C)(C)C.CC(C)(C)C(=[OH+])/C=C(\O)C(C)(C)C.[Er+3]. The molecule has 0 atom stereocenters. The Bertz CT molecular complexity index is 801. The van der Waals surface area contributed by atoms with Gasteiger partial charge in [0.1, 0.15) is 17.3 Å². The largest absolute Gasteiger partial charge is 3.00 e. The summed E-state index contributed by atoms with van der Waals surface area (Å²) in [5.41, 5.74) is -1.84. The molecule has 7 heteroatoms. The molecule has 0 unspecified atom stereocenters. The summed E-state index contributed by atoms with van der Waals surface area (Å²) in [6, 6.07) is 0. The Kier molecular flexibility index (Phi) is 18.9. The van der Waals surface area contributed by atoms with Crippen LogP contribution in [0, 0.1) is 69.8 Å². The van der Waals surface area contributed by atoms with Crippen molar-refractivity contribution in [2.75, 3.05) is 0 Å². The van der Waals surface area contributed by atoms with E-state index in [2.05, 4.69) is 0 Å². The number of aliphatic hydroxyl groups is 3. The molecule has 6 N–H and O–H groups in total. The van der Waals surface area contributed by atoms with Gasteiger partial charge < -0.3 is 15.3 Å². The van der Waals surface area contributed by atoms with Gasteiger partial charge in [0.25, 0.3) is 0 Å². The van der Waals surface area contributed by atoms with Gasteiger partial charge in [0.05, 0.1) is 34.5 Å². The van der Waals surface area contributed by atoms with Crippen molar-refractivity contribution in [3.05, 3.63) is 35.5 Å². The first-order valence-electron chi connectivity index (χ1n) is 13.6. The second-order valence-electron chi connectivity index (χ2n) is 16.2. The molecule has 0 spiro atoms. The molecule has 40 heavy (non-hydrogen) atoms. The van der Waals surface area contributed by atoms with Crippen LogP contribution >= 0.6 is 0 Å². The summed E-state index contributed by atoms with van der Waals surface area (Å²) in [6.45, 7) is 34.2. The van der Waals surface area contributed by atoms with Crippen molar-refractivity contribution in [3.63, 3.8) is 0 Å². The number of ketones is 3. The molecular weight excluding hydrogens is 660 g/mol. The van der Waals surface area contributed by atoms with Crippen molar-refractivity contribution in [1.82, 2.24) is 0 Å². The van der Waals surface area contributed by atoms with E-state index in [1.54, 1.807) is 0 Å². The van der Waals surface area contributed by atoms with Gasteiger partial charge >= 0.3 is 54.7 Å². The summed E-state index contributed by atoms with van der Waals surface area (Å²) < 4.78 is 0. The number of carbonyl (C=O) groups excluding carboxylic acids is 3. The molecule has 0 saturated heterocycles. The second kappa shape index (κ2) is 16.5. The summed E-state index contributed by atoms with van der Waals surface area (Å²) in [4.78, 5) is 28.8. The van der Waals surface area contributed by atoms with Crippen LogP contribution in [0.5, 0.6) is 0 Å². The van der Waals surface area contributed by atoms with E-state index < -0.39 is 0 Å². The van der Waals surface area contributed by atoms with Crippen LogP contribution in [0.25, 0.3) is 0 Å². The molecule has 1 radical (unpaired) electrons. The smallest absolute Gasteiger partial charge is 0.511 e. The summed E-state index contributed by atoms with van der Waals surface area (Å²) in [5, 5.41) is 28.8. The van der Waals surface area contributed by atoms with Gasteiger partial charge in [0, 0.05) is 16.2 Å². The zero-order valence-corrected chi connectivity index (χ0v) is 30.6. The maximum atomic E-state index is 9.60. The van der Waals surface area contributed by atoms with Crippen LogP contribution in [0.3, 0.4) is 0 Å². The van der Waals surface area contributed by atoms with E-state index in [1.807, 2.05) is 125 Å². The zero-order chi connectivity index (χ0) is 32.6. The first-order chi connectivity index (χ1) is 16.6. The minimum absolute atomic E-state index is 0. The second-order valence-corrected chi connectivity index (χ2v) is 16.2. The van der Waals surface area contributed by atoms with Crippen LogP contribution in [0.2, 0.25) is 0 Å². The molecule has 0 aliphatic carbocycles. The van der Waals surface area contributed by atoms with E-state index in [9.17, 15) is 29.7 Å². The summed E-state index contributed by atoms with van der Waals surface area (Å²) in [6.07, 6.45) is 4.33. The Labute approximate surface area is 275 Å². The Hall–Kier alpha value is -1.12. The molecule has 0 amide bonds. The van der Waals surface area contributed by atoms with Crippen molar-refractivity contribution < 1.29 is 67.0 Å². The Morgan fingerprint density at radius 3 is 0.550 bits per heavy atom. The predicted molar refractivity (Wildman–Crippen MR) is 170 cm³/mol. The third-order valence-electron chi connectivity index (χ3n) is 5.43. The summed E-state index contributed by atoms with van der Waals surface area (Å²) in [7, 11) is 0. The van der Waals surface area contributed by atoms with E-state index in [0.29, 0.717) is 0 Å².